The van der Waals surface area contributed by atoms with Crippen LogP contribution in [0.4, 0.5) is 0 Å². The lowest BCUT2D eigenvalue weighted by molar-refractivity contribution is -0.171. The number of ether oxygens (including phenoxy) is 2. The third-order valence-electron chi connectivity index (χ3n) is 7.07. The molecular formula is C23H24O6. The first-order valence-corrected chi connectivity index (χ1v) is 9.96. The molecule has 2 aliphatic heterocycles. The van der Waals surface area contributed by atoms with E-state index in [0.29, 0.717) is 23.3 Å². The maximum Gasteiger partial charge on any atom is 0.196 e. The van der Waals surface area contributed by atoms with Gasteiger partial charge in [0.1, 0.15) is 11.5 Å². The van der Waals surface area contributed by atoms with Crippen LogP contribution in [0.3, 0.4) is 0 Å². The second-order valence-corrected chi connectivity index (χ2v) is 9.13. The molecule has 6 rings (SSSR count). The quantitative estimate of drug-likeness (QED) is 0.763. The first-order chi connectivity index (χ1) is 13.7. The van der Waals surface area contributed by atoms with Crippen molar-refractivity contribution in [3.05, 3.63) is 47.1 Å². The van der Waals surface area contributed by atoms with Crippen LogP contribution in [0.5, 0.6) is 11.5 Å². The predicted molar refractivity (Wildman–Crippen MR) is 104 cm³/mol. The smallest absolute Gasteiger partial charge is 0.196 e. The number of carbonyl (C=O) groups is 2. The number of aliphatic hydroxyl groups excluding tert-OH is 1. The Morgan fingerprint density at radius 1 is 1.31 bits per heavy atom. The molecule has 5 aliphatic rings. The van der Waals surface area contributed by atoms with Crippen LogP contribution in [0.2, 0.25) is 0 Å². The summed E-state index contributed by atoms with van der Waals surface area (Å²) in [6.45, 7) is 5.57. The molecule has 0 aromatic heterocycles. The number of fused-ring (bicyclic) bond motifs is 1. The van der Waals surface area contributed by atoms with E-state index in [1.54, 1.807) is 19.1 Å². The van der Waals surface area contributed by atoms with Crippen molar-refractivity contribution in [3.63, 3.8) is 0 Å². The van der Waals surface area contributed by atoms with Gasteiger partial charge in [-0.25, -0.2) is 0 Å². The molecule has 2 fully saturated rings. The third-order valence-corrected chi connectivity index (χ3v) is 7.07. The summed E-state index contributed by atoms with van der Waals surface area (Å²) in [5, 5.41) is 19.3. The molecule has 152 valence electrons. The van der Waals surface area contributed by atoms with Gasteiger partial charge in [-0.3, -0.25) is 9.59 Å². The molecule has 1 aromatic rings. The fraction of sp³-hybridized carbons (Fsp3) is 0.478. The molecule has 1 aromatic carbocycles. The van der Waals surface area contributed by atoms with E-state index in [-0.39, 0.29) is 36.3 Å². The van der Waals surface area contributed by atoms with Crippen LogP contribution in [-0.4, -0.2) is 45.2 Å². The first-order valence-electron chi connectivity index (χ1n) is 9.96. The van der Waals surface area contributed by atoms with Gasteiger partial charge >= 0.3 is 0 Å². The largest absolute Gasteiger partial charge is 0.508 e. The Morgan fingerprint density at radius 3 is 2.79 bits per heavy atom. The lowest BCUT2D eigenvalue weighted by atomic mass is 9.51. The van der Waals surface area contributed by atoms with Crippen molar-refractivity contribution in [3.8, 4) is 11.5 Å². The maximum atomic E-state index is 13.6. The summed E-state index contributed by atoms with van der Waals surface area (Å²) >= 11 is 0. The number of carbonyl (C=O) groups excluding carboxylic acids is 2. The molecule has 6 heteroatoms. The molecule has 2 heterocycles. The fourth-order valence-electron chi connectivity index (χ4n) is 5.82. The second-order valence-electron chi connectivity index (χ2n) is 9.13. The minimum Gasteiger partial charge on any atom is -0.508 e. The average molecular weight is 396 g/mol. The minimum atomic E-state index is -1.32. The number of rotatable bonds is 3. The molecule has 1 spiro atoms. The van der Waals surface area contributed by atoms with Crippen molar-refractivity contribution in [1.29, 1.82) is 0 Å². The highest BCUT2D eigenvalue weighted by molar-refractivity contribution is 6.16. The van der Waals surface area contributed by atoms with Crippen molar-refractivity contribution in [2.75, 3.05) is 6.61 Å². The molecule has 29 heavy (non-hydrogen) atoms. The van der Waals surface area contributed by atoms with Gasteiger partial charge < -0.3 is 19.7 Å². The molecule has 2 N–H and O–H groups in total. The van der Waals surface area contributed by atoms with Crippen LogP contribution in [-0.2, 0) is 9.53 Å². The monoisotopic (exact) mass is 396 g/mol. The van der Waals surface area contributed by atoms with Gasteiger partial charge in [0.2, 0.25) is 0 Å². The Bertz CT molecular complexity index is 1020. The molecule has 0 radical (unpaired) electrons. The molecule has 4 bridgehead atoms. The van der Waals surface area contributed by atoms with Crippen molar-refractivity contribution >= 4 is 11.6 Å². The van der Waals surface area contributed by atoms with Crippen LogP contribution in [0.25, 0.3) is 0 Å². The van der Waals surface area contributed by atoms with Gasteiger partial charge in [0.25, 0.3) is 0 Å². The van der Waals surface area contributed by atoms with Gasteiger partial charge in [-0.15, -0.1) is 0 Å². The van der Waals surface area contributed by atoms with E-state index >= 15 is 0 Å². The van der Waals surface area contributed by atoms with E-state index in [9.17, 15) is 19.8 Å². The molecule has 3 aliphatic carbocycles. The minimum absolute atomic E-state index is 0.00920. The third kappa shape index (κ3) is 2.08. The standard InChI is InChI=1S/C23H24O6/c1-12(11-24)6-7-22-20(27)13-8-16-19(26)15-10-14(25)4-5-17(15)28-23(16,22)18(9-13)21(2,3)29-22/h4-6,8,10,13,18,24-25H,7,9,11H2,1-3H3/b12-6+. The van der Waals surface area contributed by atoms with Crippen molar-refractivity contribution in [2.45, 2.75) is 50.4 Å². The van der Waals surface area contributed by atoms with Crippen molar-refractivity contribution in [1.82, 2.24) is 0 Å². The number of hydrogen-bond donors (Lipinski definition) is 2. The number of ketones is 2. The summed E-state index contributed by atoms with van der Waals surface area (Å²) in [4.78, 5) is 27.1. The first kappa shape index (κ1) is 18.6. The second kappa shape index (κ2) is 5.58. The van der Waals surface area contributed by atoms with Crippen molar-refractivity contribution < 1.29 is 29.3 Å². The molecule has 4 unspecified atom stereocenters. The van der Waals surface area contributed by atoms with E-state index in [1.807, 2.05) is 19.9 Å². The van der Waals surface area contributed by atoms with E-state index in [4.69, 9.17) is 9.47 Å². The average Bonchev–Trinajstić information content (AvgIpc) is 2.84. The van der Waals surface area contributed by atoms with Crippen molar-refractivity contribution in [2.24, 2.45) is 11.8 Å². The predicted octanol–water partition coefficient (Wildman–Crippen LogP) is 2.73. The number of hydrogen-bond acceptors (Lipinski definition) is 6. The van der Waals surface area contributed by atoms with Gasteiger partial charge in [0.15, 0.2) is 22.8 Å². The van der Waals surface area contributed by atoms with Crippen LogP contribution >= 0.6 is 0 Å². The Labute approximate surface area is 168 Å². The number of Topliss-reactive ketones (excluding diaryl/α,β-unsaturated/α-hetero) is 2. The lowest BCUT2D eigenvalue weighted by Gasteiger charge is -2.56. The molecule has 1 saturated carbocycles. The van der Waals surface area contributed by atoms with E-state index in [0.717, 1.165) is 5.57 Å². The Balaban J connectivity index is 1.77. The normalized spacial score (nSPS) is 36.4. The SMILES string of the molecule is C/C(=C\CC12OC(C)(C)C3CC(C=C4C(=O)c5cc(O)ccc5OC431)C2=O)CO. The van der Waals surface area contributed by atoms with E-state index < -0.39 is 22.7 Å². The van der Waals surface area contributed by atoms with Gasteiger partial charge in [0.05, 0.1) is 17.8 Å². The highest BCUT2D eigenvalue weighted by atomic mass is 16.6. The molecular weight excluding hydrogens is 372 g/mol. The van der Waals surface area contributed by atoms with Crippen LogP contribution in [0, 0.1) is 11.8 Å². The van der Waals surface area contributed by atoms with Crippen LogP contribution in [0.15, 0.2) is 41.5 Å². The summed E-state index contributed by atoms with van der Waals surface area (Å²) in [6.07, 6.45) is 4.36. The lowest BCUT2D eigenvalue weighted by Crippen LogP contribution is -2.72. The van der Waals surface area contributed by atoms with Gasteiger partial charge in [0, 0.05) is 23.8 Å². The molecule has 6 nitrogen and oxygen atoms in total. The number of aliphatic hydroxyl groups is 1. The topological polar surface area (TPSA) is 93.1 Å². The Hall–Kier alpha value is -2.44. The summed E-state index contributed by atoms with van der Waals surface area (Å²) in [5.74, 6) is -0.529. The number of phenolic OH excluding ortho intramolecular Hbond substituents is 1. The zero-order valence-corrected chi connectivity index (χ0v) is 16.7. The maximum absolute atomic E-state index is 13.6. The van der Waals surface area contributed by atoms with Crippen LogP contribution in [0.1, 0.15) is 44.0 Å². The van der Waals surface area contributed by atoms with Crippen LogP contribution < -0.4 is 4.74 Å². The number of benzene rings is 1. The number of phenols is 1. The fourth-order valence-corrected chi connectivity index (χ4v) is 5.82. The van der Waals surface area contributed by atoms with Gasteiger partial charge in [-0.1, -0.05) is 17.7 Å². The number of aromatic hydroxyl groups is 1. The summed E-state index contributed by atoms with van der Waals surface area (Å²) < 4.78 is 13.1. The Kier molecular flexibility index (Phi) is 3.58. The zero-order valence-electron chi connectivity index (χ0n) is 16.7. The number of allylic oxidation sites excluding steroid dienone is 1. The molecule has 0 amide bonds. The van der Waals surface area contributed by atoms with Gasteiger partial charge in [-0.2, -0.15) is 0 Å². The van der Waals surface area contributed by atoms with Gasteiger partial charge in [-0.05, 0) is 45.4 Å². The zero-order chi connectivity index (χ0) is 20.8. The summed E-state index contributed by atoms with van der Waals surface area (Å²) in [7, 11) is 0. The van der Waals surface area contributed by atoms with E-state index in [1.165, 1.54) is 12.1 Å². The highest BCUT2D eigenvalue weighted by Gasteiger charge is 2.80. The summed E-state index contributed by atoms with van der Waals surface area (Å²) in [6, 6.07) is 4.46. The summed E-state index contributed by atoms with van der Waals surface area (Å²) in [5.41, 5.74) is -1.72. The molecule has 4 atom stereocenters. The Morgan fingerprint density at radius 2 is 2.07 bits per heavy atom. The van der Waals surface area contributed by atoms with E-state index in [2.05, 4.69) is 0 Å². The highest BCUT2D eigenvalue weighted by Crippen LogP contribution is 2.67. The molecule has 1 saturated heterocycles.